The lowest BCUT2D eigenvalue weighted by molar-refractivity contribution is 0.0696. The quantitative estimate of drug-likeness (QED) is 0.773. The SMILES string of the molecule is O=C(O)c1cncc(-c2ccc(OCc3ccccc3)cc2)c1. The second kappa shape index (κ2) is 6.75. The minimum Gasteiger partial charge on any atom is -0.489 e. The second-order valence-electron chi connectivity index (χ2n) is 5.07. The molecule has 0 bridgehead atoms. The van der Waals surface area contributed by atoms with Gasteiger partial charge in [-0.25, -0.2) is 4.79 Å². The highest BCUT2D eigenvalue weighted by molar-refractivity contribution is 5.88. The van der Waals surface area contributed by atoms with Crippen molar-refractivity contribution in [3.63, 3.8) is 0 Å². The van der Waals surface area contributed by atoms with E-state index in [1.807, 2.05) is 54.6 Å². The van der Waals surface area contributed by atoms with Crippen molar-refractivity contribution in [2.75, 3.05) is 0 Å². The van der Waals surface area contributed by atoms with Crippen LogP contribution in [0.4, 0.5) is 0 Å². The van der Waals surface area contributed by atoms with E-state index >= 15 is 0 Å². The first kappa shape index (κ1) is 14.8. The minimum atomic E-state index is -0.984. The van der Waals surface area contributed by atoms with Gasteiger partial charge in [-0.1, -0.05) is 42.5 Å². The molecule has 0 unspecified atom stereocenters. The summed E-state index contributed by atoms with van der Waals surface area (Å²) in [6.45, 7) is 0.510. The van der Waals surface area contributed by atoms with Gasteiger partial charge in [-0.05, 0) is 29.3 Å². The summed E-state index contributed by atoms with van der Waals surface area (Å²) in [6, 6.07) is 19.1. The molecule has 3 rings (SSSR count). The summed E-state index contributed by atoms with van der Waals surface area (Å²) in [7, 11) is 0. The Bertz CT molecular complexity index is 798. The zero-order valence-electron chi connectivity index (χ0n) is 12.3. The summed E-state index contributed by atoms with van der Waals surface area (Å²) in [5.41, 5.74) is 2.94. The molecule has 114 valence electrons. The van der Waals surface area contributed by atoms with Gasteiger partial charge < -0.3 is 9.84 Å². The molecule has 4 nitrogen and oxygen atoms in total. The largest absolute Gasteiger partial charge is 0.489 e. The molecule has 0 aliphatic heterocycles. The van der Waals surface area contributed by atoms with Gasteiger partial charge in [-0.2, -0.15) is 0 Å². The minimum absolute atomic E-state index is 0.173. The maximum atomic E-state index is 11.0. The number of benzene rings is 2. The third kappa shape index (κ3) is 3.74. The van der Waals surface area contributed by atoms with E-state index < -0.39 is 5.97 Å². The maximum absolute atomic E-state index is 11.0. The van der Waals surface area contributed by atoms with Gasteiger partial charge in [-0.3, -0.25) is 4.98 Å². The number of hydrogen-bond donors (Lipinski definition) is 1. The number of carboxylic acids is 1. The Morgan fingerprint density at radius 2 is 1.70 bits per heavy atom. The normalized spacial score (nSPS) is 10.3. The second-order valence-corrected chi connectivity index (χ2v) is 5.07. The Morgan fingerprint density at radius 3 is 2.39 bits per heavy atom. The third-order valence-corrected chi connectivity index (χ3v) is 3.42. The number of hydrogen-bond acceptors (Lipinski definition) is 3. The van der Waals surface area contributed by atoms with Crippen molar-refractivity contribution in [2.45, 2.75) is 6.61 Å². The van der Waals surface area contributed by atoms with Crippen LogP contribution < -0.4 is 4.74 Å². The zero-order valence-corrected chi connectivity index (χ0v) is 12.3. The van der Waals surface area contributed by atoms with Crippen molar-refractivity contribution in [3.8, 4) is 16.9 Å². The molecule has 0 spiro atoms. The van der Waals surface area contributed by atoms with Gasteiger partial charge in [0, 0.05) is 18.0 Å². The topological polar surface area (TPSA) is 59.4 Å². The third-order valence-electron chi connectivity index (χ3n) is 3.42. The molecule has 0 fully saturated rings. The molecule has 0 saturated carbocycles. The van der Waals surface area contributed by atoms with Crippen molar-refractivity contribution >= 4 is 5.97 Å². The number of rotatable bonds is 5. The monoisotopic (exact) mass is 305 g/mol. The van der Waals surface area contributed by atoms with Crippen LogP contribution in [-0.4, -0.2) is 16.1 Å². The van der Waals surface area contributed by atoms with Gasteiger partial charge in [0.05, 0.1) is 5.56 Å². The molecule has 0 saturated heterocycles. The standard InChI is InChI=1S/C19H15NO3/c21-19(22)17-10-16(11-20-12-17)15-6-8-18(9-7-15)23-13-14-4-2-1-3-5-14/h1-12H,13H2,(H,21,22). The Labute approximate surface area is 134 Å². The maximum Gasteiger partial charge on any atom is 0.337 e. The lowest BCUT2D eigenvalue weighted by atomic mass is 10.1. The van der Waals surface area contributed by atoms with Crippen molar-refractivity contribution in [1.82, 2.24) is 4.98 Å². The zero-order chi connectivity index (χ0) is 16.1. The Hall–Kier alpha value is -3.14. The molecule has 0 radical (unpaired) electrons. The van der Waals surface area contributed by atoms with E-state index in [9.17, 15) is 4.79 Å². The molecule has 2 aromatic carbocycles. The van der Waals surface area contributed by atoms with Crippen molar-refractivity contribution in [3.05, 3.63) is 84.2 Å². The average molecular weight is 305 g/mol. The number of aromatic carboxylic acids is 1. The highest BCUT2D eigenvalue weighted by Crippen LogP contribution is 2.23. The van der Waals surface area contributed by atoms with E-state index in [1.54, 1.807) is 12.3 Å². The number of carbonyl (C=O) groups is 1. The van der Waals surface area contributed by atoms with E-state index in [1.165, 1.54) is 6.20 Å². The van der Waals surface area contributed by atoms with Crippen LogP contribution in [0.25, 0.3) is 11.1 Å². The lowest BCUT2D eigenvalue weighted by Crippen LogP contribution is -1.97. The van der Waals surface area contributed by atoms with Gasteiger partial charge in [-0.15, -0.1) is 0 Å². The van der Waals surface area contributed by atoms with Crippen LogP contribution >= 0.6 is 0 Å². The summed E-state index contributed by atoms with van der Waals surface area (Å²) in [6.07, 6.45) is 2.98. The predicted octanol–water partition coefficient (Wildman–Crippen LogP) is 4.03. The van der Waals surface area contributed by atoms with Gasteiger partial charge in [0.1, 0.15) is 12.4 Å². The fourth-order valence-corrected chi connectivity index (χ4v) is 2.20. The van der Waals surface area contributed by atoms with Crippen LogP contribution in [0.3, 0.4) is 0 Å². The van der Waals surface area contributed by atoms with Gasteiger partial charge >= 0.3 is 5.97 Å². The highest BCUT2D eigenvalue weighted by atomic mass is 16.5. The molecule has 0 amide bonds. The van der Waals surface area contributed by atoms with Crippen molar-refractivity contribution in [2.24, 2.45) is 0 Å². The molecule has 0 aliphatic rings. The Morgan fingerprint density at radius 1 is 0.957 bits per heavy atom. The molecule has 1 heterocycles. The molecule has 1 N–H and O–H groups in total. The number of ether oxygens (including phenoxy) is 1. The van der Waals surface area contributed by atoms with Crippen LogP contribution in [-0.2, 0) is 6.61 Å². The first-order valence-electron chi connectivity index (χ1n) is 7.18. The van der Waals surface area contributed by atoms with E-state index in [-0.39, 0.29) is 5.56 Å². The van der Waals surface area contributed by atoms with E-state index in [2.05, 4.69) is 4.98 Å². The smallest absolute Gasteiger partial charge is 0.337 e. The Kier molecular flexibility index (Phi) is 4.34. The van der Waals surface area contributed by atoms with Crippen LogP contribution in [0.1, 0.15) is 15.9 Å². The number of aromatic nitrogens is 1. The van der Waals surface area contributed by atoms with Crippen LogP contribution in [0.15, 0.2) is 73.1 Å². The predicted molar refractivity (Wildman–Crippen MR) is 87.4 cm³/mol. The van der Waals surface area contributed by atoms with Crippen molar-refractivity contribution < 1.29 is 14.6 Å². The highest BCUT2D eigenvalue weighted by Gasteiger charge is 2.06. The van der Waals surface area contributed by atoms with Crippen LogP contribution in [0, 0.1) is 0 Å². The summed E-state index contributed by atoms with van der Waals surface area (Å²) in [5.74, 6) is -0.220. The summed E-state index contributed by atoms with van der Waals surface area (Å²) in [4.78, 5) is 15.0. The van der Waals surface area contributed by atoms with E-state index in [0.717, 1.165) is 22.4 Å². The average Bonchev–Trinajstić information content (AvgIpc) is 2.61. The van der Waals surface area contributed by atoms with E-state index in [4.69, 9.17) is 9.84 Å². The summed E-state index contributed by atoms with van der Waals surface area (Å²) >= 11 is 0. The molecule has 1 aromatic heterocycles. The first-order chi connectivity index (χ1) is 11.2. The first-order valence-corrected chi connectivity index (χ1v) is 7.18. The van der Waals surface area contributed by atoms with Gasteiger partial charge in [0.25, 0.3) is 0 Å². The molecular formula is C19H15NO3. The number of nitrogens with zero attached hydrogens (tertiary/aromatic N) is 1. The fourth-order valence-electron chi connectivity index (χ4n) is 2.20. The van der Waals surface area contributed by atoms with Crippen LogP contribution in [0.5, 0.6) is 5.75 Å². The van der Waals surface area contributed by atoms with Gasteiger partial charge in [0.15, 0.2) is 0 Å². The molecule has 3 aromatic rings. The summed E-state index contributed by atoms with van der Waals surface area (Å²) < 4.78 is 5.74. The fraction of sp³-hybridized carbons (Fsp3) is 0.0526. The lowest BCUT2D eigenvalue weighted by Gasteiger charge is -2.08. The van der Waals surface area contributed by atoms with E-state index in [0.29, 0.717) is 6.61 Å². The van der Waals surface area contributed by atoms with Crippen LogP contribution in [0.2, 0.25) is 0 Å². The molecule has 0 atom stereocenters. The molecule has 4 heteroatoms. The van der Waals surface area contributed by atoms with Crippen molar-refractivity contribution in [1.29, 1.82) is 0 Å². The molecule has 23 heavy (non-hydrogen) atoms. The molecule has 0 aliphatic carbocycles. The number of carboxylic acid groups (broad SMARTS) is 1. The van der Waals surface area contributed by atoms with Gasteiger partial charge in [0.2, 0.25) is 0 Å². The summed E-state index contributed by atoms with van der Waals surface area (Å²) in [5, 5.41) is 9.02. The molecular weight excluding hydrogens is 290 g/mol. The number of pyridine rings is 1. The Balaban J connectivity index is 1.72.